The van der Waals surface area contributed by atoms with Crippen molar-refractivity contribution in [3.8, 4) is 0 Å². The standard InChI is InChI=1S/C13H21N/c1-4-6-12(5-2)11-13-7-9-14(3)10-8-13/h4-6,13H,1-2,7-11H2,3H3/b12-6+. The monoisotopic (exact) mass is 191 g/mol. The van der Waals surface area contributed by atoms with Crippen LogP contribution < -0.4 is 0 Å². The van der Waals surface area contributed by atoms with Crippen LogP contribution in [0.1, 0.15) is 19.3 Å². The maximum Gasteiger partial charge on any atom is -0.00190 e. The van der Waals surface area contributed by atoms with E-state index < -0.39 is 0 Å². The molecule has 0 unspecified atom stereocenters. The van der Waals surface area contributed by atoms with E-state index in [1.165, 1.54) is 37.9 Å². The molecule has 0 atom stereocenters. The number of likely N-dealkylation sites (tertiary alicyclic amines) is 1. The van der Waals surface area contributed by atoms with E-state index in [2.05, 4.69) is 31.2 Å². The van der Waals surface area contributed by atoms with E-state index in [1.807, 2.05) is 12.2 Å². The maximum absolute atomic E-state index is 3.83. The maximum atomic E-state index is 3.83. The Balaban J connectivity index is 2.39. The summed E-state index contributed by atoms with van der Waals surface area (Å²) in [6.07, 6.45) is 9.69. The first-order valence-corrected chi connectivity index (χ1v) is 5.39. The van der Waals surface area contributed by atoms with Crippen LogP contribution in [-0.4, -0.2) is 25.0 Å². The molecule has 14 heavy (non-hydrogen) atoms. The molecule has 0 spiro atoms. The minimum atomic E-state index is 0.843. The zero-order chi connectivity index (χ0) is 10.4. The van der Waals surface area contributed by atoms with E-state index in [4.69, 9.17) is 0 Å². The zero-order valence-corrected chi connectivity index (χ0v) is 9.21. The highest BCUT2D eigenvalue weighted by atomic mass is 15.1. The van der Waals surface area contributed by atoms with E-state index >= 15 is 0 Å². The highest BCUT2D eigenvalue weighted by molar-refractivity contribution is 5.21. The van der Waals surface area contributed by atoms with Crippen LogP contribution in [0.3, 0.4) is 0 Å². The summed E-state index contributed by atoms with van der Waals surface area (Å²) in [6.45, 7) is 10.0. The lowest BCUT2D eigenvalue weighted by molar-refractivity contribution is 0.219. The van der Waals surface area contributed by atoms with Crippen molar-refractivity contribution in [1.29, 1.82) is 0 Å². The number of rotatable bonds is 4. The third-order valence-electron chi connectivity index (χ3n) is 2.96. The number of nitrogens with zero attached hydrogens (tertiary/aromatic N) is 1. The summed E-state index contributed by atoms with van der Waals surface area (Å²) in [5, 5.41) is 0. The van der Waals surface area contributed by atoms with Crippen molar-refractivity contribution in [3.05, 3.63) is 37.0 Å². The largest absolute Gasteiger partial charge is 0.306 e. The Morgan fingerprint density at radius 1 is 1.36 bits per heavy atom. The first-order valence-electron chi connectivity index (χ1n) is 5.39. The second kappa shape index (κ2) is 5.82. The molecule has 1 nitrogen and oxygen atoms in total. The third-order valence-corrected chi connectivity index (χ3v) is 2.96. The predicted molar refractivity (Wildman–Crippen MR) is 63.3 cm³/mol. The fourth-order valence-electron chi connectivity index (χ4n) is 1.97. The topological polar surface area (TPSA) is 3.24 Å². The van der Waals surface area contributed by atoms with Crippen LogP contribution in [0.4, 0.5) is 0 Å². The minimum Gasteiger partial charge on any atom is -0.306 e. The number of hydrogen-bond acceptors (Lipinski definition) is 1. The Kier molecular flexibility index (Phi) is 4.68. The first kappa shape index (κ1) is 11.3. The predicted octanol–water partition coefficient (Wildman–Crippen LogP) is 3.02. The molecular weight excluding hydrogens is 170 g/mol. The first-order chi connectivity index (χ1) is 6.76. The van der Waals surface area contributed by atoms with Gasteiger partial charge >= 0.3 is 0 Å². The van der Waals surface area contributed by atoms with Gasteiger partial charge in [-0.05, 0) is 50.9 Å². The van der Waals surface area contributed by atoms with E-state index in [0.29, 0.717) is 0 Å². The van der Waals surface area contributed by atoms with Crippen molar-refractivity contribution in [2.75, 3.05) is 20.1 Å². The quantitative estimate of drug-likeness (QED) is 0.617. The molecule has 0 aromatic carbocycles. The molecule has 1 fully saturated rings. The van der Waals surface area contributed by atoms with Gasteiger partial charge in [0.05, 0.1) is 0 Å². The molecule has 1 aliphatic rings. The summed E-state index contributed by atoms with van der Waals surface area (Å²) in [6, 6.07) is 0. The number of allylic oxidation sites excluding steroid dienone is 4. The van der Waals surface area contributed by atoms with Crippen LogP contribution in [0.5, 0.6) is 0 Å². The average molecular weight is 191 g/mol. The van der Waals surface area contributed by atoms with Crippen molar-refractivity contribution in [3.63, 3.8) is 0 Å². The van der Waals surface area contributed by atoms with Gasteiger partial charge in [0.25, 0.3) is 0 Å². The van der Waals surface area contributed by atoms with E-state index in [9.17, 15) is 0 Å². The van der Waals surface area contributed by atoms with E-state index in [-0.39, 0.29) is 0 Å². The Morgan fingerprint density at radius 2 is 2.00 bits per heavy atom. The minimum absolute atomic E-state index is 0.843. The van der Waals surface area contributed by atoms with Gasteiger partial charge in [0.2, 0.25) is 0 Å². The van der Waals surface area contributed by atoms with Crippen LogP contribution in [0, 0.1) is 5.92 Å². The Labute approximate surface area is 87.8 Å². The smallest absolute Gasteiger partial charge is 0.00190 e. The molecule has 0 aromatic rings. The molecular formula is C13H21N. The summed E-state index contributed by atoms with van der Waals surface area (Å²) in [4.78, 5) is 2.40. The van der Waals surface area contributed by atoms with Gasteiger partial charge in [0.1, 0.15) is 0 Å². The van der Waals surface area contributed by atoms with Gasteiger partial charge in [-0.25, -0.2) is 0 Å². The molecule has 1 aliphatic heterocycles. The van der Waals surface area contributed by atoms with Gasteiger partial charge in [-0.15, -0.1) is 0 Å². The fraction of sp³-hybridized carbons (Fsp3) is 0.538. The van der Waals surface area contributed by atoms with Gasteiger partial charge in [-0.2, -0.15) is 0 Å². The van der Waals surface area contributed by atoms with Crippen molar-refractivity contribution >= 4 is 0 Å². The lowest BCUT2D eigenvalue weighted by Crippen LogP contribution is -2.30. The van der Waals surface area contributed by atoms with Gasteiger partial charge in [-0.1, -0.05) is 31.4 Å². The summed E-state index contributed by atoms with van der Waals surface area (Å²) < 4.78 is 0. The van der Waals surface area contributed by atoms with Crippen LogP contribution in [0.25, 0.3) is 0 Å². The summed E-state index contributed by atoms with van der Waals surface area (Å²) in [5.41, 5.74) is 1.33. The average Bonchev–Trinajstić information content (AvgIpc) is 2.20. The Morgan fingerprint density at radius 3 is 2.50 bits per heavy atom. The molecule has 1 rings (SSSR count). The Bertz CT molecular complexity index is 219. The molecule has 1 heterocycles. The number of piperidine rings is 1. The number of hydrogen-bond donors (Lipinski definition) is 0. The van der Waals surface area contributed by atoms with Gasteiger partial charge < -0.3 is 4.90 Å². The summed E-state index contributed by atoms with van der Waals surface area (Å²) in [7, 11) is 2.20. The highest BCUT2D eigenvalue weighted by Crippen LogP contribution is 2.23. The van der Waals surface area contributed by atoms with E-state index in [1.54, 1.807) is 0 Å². The fourth-order valence-corrected chi connectivity index (χ4v) is 1.97. The summed E-state index contributed by atoms with van der Waals surface area (Å²) in [5.74, 6) is 0.843. The van der Waals surface area contributed by atoms with Gasteiger partial charge in [0, 0.05) is 0 Å². The third kappa shape index (κ3) is 3.51. The molecule has 0 bridgehead atoms. The zero-order valence-electron chi connectivity index (χ0n) is 9.21. The van der Waals surface area contributed by atoms with Crippen LogP contribution in [-0.2, 0) is 0 Å². The molecule has 1 heteroatoms. The van der Waals surface area contributed by atoms with Gasteiger partial charge in [0.15, 0.2) is 0 Å². The lowest BCUT2D eigenvalue weighted by Gasteiger charge is -2.29. The second-order valence-electron chi connectivity index (χ2n) is 4.13. The molecule has 78 valence electrons. The molecule has 0 N–H and O–H groups in total. The van der Waals surface area contributed by atoms with E-state index in [0.717, 1.165) is 5.92 Å². The molecule has 0 aromatic heterocycles. The molecule has 1 saturated heterocycles. The molecule has 0 radical (unpaired) electrons. The Hall–Kier alpha value is -0.820. The lowest BCUT2D eigenvalue weighted by atomic mass is 9.90. The molecule has 0 aliphatic carbocycles. The van der Waals surface area contributed by atoms with Crippen LogP contribution >= 0.6 is 0 Å². The SMILES string of the molecule is C=C/C=C(\C=C)CC1CCN(C)CC1. The molecule has 0 amide bonds. The highest BCUT2D eigenvalue weighted by Gasteiger charge is 2.16. The van der Waals surface area contributed by atoms with Crippen LogP contribution in [0.15, 0.2) is 37.0 Å². The summed E-state index contributed by atoms with van der Waals surface area (Å²) >= 11 is 0. The van der Waals surface area contributed by atoms with Gasteiger partial charge in [-0.3, -0.25) is 0 Å². The molecule has 0 saturated carbocycles. The van der Waals surface area contributed by atoms with Crippen molar-refractivity contribution in [2.45, 2.75) is 19.3 Å². The van der Waals surface area contributed by atoms with Crippen molar-refractivity contribution in [2.24, 2.45) is 5.92 Å². The van der Waals surface area contributed by atoms with Crippen molar-refractivity contribution in [1.82, 2.24) is 4.90 Å². The van der Waals surface area contributed by atoms with Crippen molar-refractivity contribution < 1.29 is 0 Å². The van der Waals surface area contributed by atoms with Crippen LogP contribution in [0.2, 0.25) is 0 Å². The normalized spacial score (nSPS) is 20.8. The second-order valence-corrected chi connectivity index (χ2v) is 4.13.